The van der Waals surface area contributed by atoms with E-state index in [0.717, 1.165) is 16.5 Å². The molecule has 4 saturated heterocycles. The number of nitrogens with one attached hydrogen (secondary N) is 3. The highest BCUT2D eigenvalue weighted by Crippen LogP contribution is 2.29. The standard InChI is InChI=1S/C41H50ClFN6O9S/c1-21-6-5-7-25(12-21)14-30(45-34(51)15-26-8-9-27(42)16-29(26)43)36(52)46-35-24(4)58-41(57)32-13-22(2)18-48(32)38(54)23(3)44-37(53)33-20-59-11-10-47(33)39(55)31-17-28(50)19-49(31)40(35)56/h5-9,12,16,22-24,28,30-33,35,50H,10-11,13-15,17-20H2,1-4H3,(H,44,53)(H,45,51)(H,46,52)/t22-,23+,24+,28-,30+,31+,32+,33+,35+/m1/s1. The summed E-state index contributed by atoms with van der Waals surface area (Å²) in [6.07, 6.45) is -2.93. The van der Waals surface area contributed by atoms with Gasteiger partial charge in [0.25, 0.3) is 0 Å². The summed E-state index contributed by atoms with van der Waals surface area (Å²) in [7, 11) is 0. The summed E-state index contributed by atoms with van der Waals surface area (Å²) >= 11 is 7.36. The summed E-state index contributed by atoms with van der Waals surface area (Å²) in [5, 5.41) is 19.1. The molecule has 0 unspecified atom stereocenters. The number of carbonyl (C=O) groups excluding carboxylic acids is 7. The molecule has 0 aromatic heterocycles. The van der Waals surface area contributed by atoms with Crippen molar-refractivity contribution in [1.29, 1.82) is 0 Å². The van der Waals surface area contributed by atoms with Crippen molar-refractivity contribution in [2.45, 2.75) is 102 Å². The number of halogens is 2. The highest BCUT2D eigenvalue weighted by molar-refractivity contribution is 7.99. The zero-order valence-corrected chi connectivity index (χ0v) is 34.9. The second kappa shape index (κ2) is 18.7. The number of amides is 6. The van der Waals surface area contributed by atoms with Crippen molar-refractivity contribution >= 4 is 64.8 Å². The number of rotatable bonds is 7. The molecule has 4 heterocycles. The van der Waals surface area contributed by atoms with Gasteiger partial charge in [0, 0.05) is 49.0 Å². The lowest BCUT2D eigenvalue weighted by Gasteiger charge is -2.39. The predicted molar refractivity (Wildman–Crippen MR) is 215 cm³/mol. The van der Waals surface area contributed by atoms with Crippen LogP contribution in [0.2, 0.25) is 5.02 Å². The van der Waals surface area contributed by atoms with E-state index in [9.17, 15) is 43.1 Å². The molecule has 15 nitrogen and oxygen atoms in total. The van der Waals surface area contributed by atoms with E-state index >= 15 is 0 Å². The van der Waals surface area contributed by atoms with Gasteiger partial charge in [-0.3, -0.25) is 28.8 Å². The van der Waals surface area contributed by atoms with E-state index in [2.05, 4.69) is 16.0 Å². The summed E-state index contributed by atoms with van der Waals surface area (Å²) in [5.41, 5.74) is 1.57. The smallest absolute Gasteiger partial charge is 0.329 e. The fourth-order valence-electron chi connectivity index (χ4n) is 8.21. The molecule has 4 fully saturated rings. The first-order valence-corrected chi connectivity index (χ1v) is 21.3. The number of nitrogens with zero attached hydrogens (tertiary/aromatic N) is 3. The molecule has 59 heavy (non-hydrogen) atoms. The number of thioether (sulfide) groups is 1. The molecule has 318 valence electrons. The van der Waals surface area contributed by atoms with Crippen molar-refractivity contribution in [3.8, 4) is 0 Å². The summed E-state index contributed by atoms with van der Waals surface area (Å²) in [5.74, 6) is -5.02. The summed E-state index contributed by atoms with van der Waals surface area (Å²) in [6, 6.07) is 3.75. The number of hydrogen-bond acceptors (Lipinski definition) is 10. The average Bonchev–Trinajstić information content (AvgIpc) is 3.78. The lowest BCUT2D eigenvalue weighted by molar-refractivity contribution is -0.163. The zero-order valence-electron chi connectivity index (χ0n) is 33.3. The van der Waals surface area contributed by atoms with Gasteiger partial charge in [0.2, 0.25) is 35.4 Å². The number of ether oxygens (including phenoxy) is 1. The largest absolute Gasteiger partial charge is 0.458 e. The Morgan fingerprint density at radius 2 is 1.71 bits per heavy atom. The fraction of sp³-hybridized carbons (Fsp3) is 0.537. The molecule has 4 N–H and O–H groups in total. The average molecular weight is 857 g/mol. The predicted octanol–water partition coefficient (Wildman–Crippen LogP) is 1.14. The van der Waals surface area contributed by atoms with E-state index < -0.39 is 102 Å². The third-order valence-corrected chi connectivity index (χ3v) is 12.5. The number of aliphatic hydroxyl groups excluding tert-OH is 1. The summed E-state index contributed by atoms with van der Waals surface area (Å²) in [4.78, 5) is 102. The lowest BCUT2D eigenvalue weighted by atomic mass is 10.0. The molecule has 0 spiro atoms. The minimum absolute atomic E-state index is 0.0355. The van der Waals surface area contributed by atoms with Crippen LogP contribution in [0.25, 0.3) is 0 Å². The molecule has 0 radical (unpaired) electrons. The van der Waals surface area contributed by atoms with Gasteiger partial charge in [-0.1, -0.05) is 54.4 Å². The van der Waals surface area contributed by atoms with Crippen molar-refractivity contribution in [2.75, 3.05) is 31.1 Å². The highest BCUT2D eigenvalue weighted by Gasteiger charge is 2.49. The summed E-state index contributed by atoms with van der Waals surface area (Å²) in [6.45, 7) is 6.70. The molecular formula is C41H50ClFN6O9S. The monoisotopic (exact) mass is 856 g/mol. The quantitative estimate of drug-likeness (QED) is 0.294. The van der Waals surface area contributed by atoms with Crippen molar-refractivity contribution in [2.24, 2.45) is 5.92 Å². The van der Waals surface area contributed by atoms with Gasteiger partial charge in [-0.25, -0.2) is 9.18 Å². The third-order valence-electron chi connectivity index (χ3n) is 11.2. The molecule has 6 amide bonds. The van der Waals surface area contributed by atoms with Crippen molar-refractivity contribution in [3.63, 3.8) is 0 Å². The number of aliphatic hydroxyl groups is 1. The van der Waals surface area contributed by atoms with Gasteiger partial charge in [0.05, 0.1) is 12.5 Å². The Bertz CT molecular complexity index is 1990. The van der Waals surface area contributed by atoms with Crippen LogP contribution in [0.1, 0.15) is 50.3 Å². The number of hydrogen-bond donors (Lipinski definition) is 4. The van der Waals surface area contributed by atoms with Gasteiger partial charge in [-0.15, -0.1) is 0 Å². The van der Waals surface area contributed by atoms with Crippen molar-refractivity contribution in [1.82, 2.24) is 30.7 Å². The second-order valence-electron chi connectivity index (χ2n) is 15.9. The van der Waals surface area contributed by atoms with Gasteiger partial charge in [0.1, 0.15) is 48.2 Å². The van der Waals surface area contributed by atoms with Gasteiger partial charge in [0.15, 0.2) is 0 Å². The number of carbonyl (C=O) groups is 7. The molecule has 6 rings (SSSR count). The number of cyclic esters (lactones) is 1. The molecule has 0 aliphatic carbocycles. The Balaban J connectivity index is 1.35. The second-order valence-corrected chi connectivity index (χ2v) is 17.5. The fourth-order valence-corrected chi connectivity index (χ4v) is 9.42. The Morgan fingerprint density at radius 1 is 0.966 bits per heavy atom. The number of aryl methyl sites for hydroxylation is 1. The van der Waals surface area contributed by atoms with Crippen LogP contribution in [0.5, 0.6) is 0 Å². The van der Waals surface area contributed by atoms with E-state index in [1.165, 1.54) is 47.5 Å². The lowest BCUT2D eigenvalue weighted by Crippen LogP contribution is -2.63. The maximum absolute atomic E-state index is 14.8. The Morgan fingerprint density at radius 3 is 2.44 bits per heavy atom. The van der Waals surface area contributed by atoms with Gasteiger partial charge < -0.3 is 40.5 Å². The van der Waals surface area contributed by atoms with E-state index in [1.54, 1.807) is 12.1 Å². The SMILES string of the molecule is Cc1cccc(C[C@H](NC(=O)Cc2ccc(Cl)cc2F)C(=O)N[C@@H]2C(=O)N3C[C@H](O)C[C@H]3C(=O)N3CCSC[C@H]3C(=O)N[C@@H](C)C(=O)N3C[C@H](C)C[C@H]3C(=O)O[C@H]2C)c1. The van der Waals surface area contributed by atoms with Crippen molar-refractivity contribution in [3.05, 3.63) is 70.0 Å². The molecule has 2 aromatic carbocycles. The van der Waals surface area contributed by atoms with Crippen LogP contribution in [-0.4, -0.2) is 141 Å². The maximum Gasteiger partial charge on any atom is 0.329 e. The number of esters is 1. The molecule has 18 heteroatoms. The molecule has 9 atom stereocenters. The first-order chi connectivity index (χ1) is 28.0. The number of fused-ring (bicyclic) bond motifs is 3. The summed E-state index contributed by atoms with van der Waals surface area (Å²) < 4.78 is 20.6. The Hall–Kier alpha value is -4.74. The minimum Gasteiger partial charge on any atom is -0.458 e. The molecule has 0 bridgehead atoms. The highest BCUT2D eigenvalue weighted by atomic mass is 35.5. The molecule has 4 aliphatic rings. The van der Waals surface area contributed by atoms with E-state index in [1.807, 2.05) is 26.0 Å². The minimum atomic E-state index is -1.65. The maximum atomic E-state index is 14.8. The van der Waals surface area contributed by atoms with Crippen LogP contribution >= 0.6 is 23.4 Å². The Labute approximate surface area is 351 Å². The molecule has 4 aliphatic heterocycles. The van der Waals surface area contributed by atoms with E-state index in [-0.39, 0.29) is 61.2 Å². The van der Waals surface area contributed by atoms with Crippen LogP contribution in [0.15, 0.2) is 42.5 Å². The van der Waals surface area contributed by atoms with Crippen LogP contribution in [0, 0.1) is 18.7 Å². The molecule has 2 aromatic rings. The van der Waals surface area contributed by atoms with E-state index in [0.29, 0.717) is 11.3 Å². The van der Waals surface area contributed by atoms with Gasteiger partial charge in [-0.2, -0.15) is 11.8 Å². The normalized spacial score (nSPS) is 28.6. The first-order valence-electron chi connectivity index (χ1n) is 19.8. The first kappa shape index (κ1) is 43.8. The molecule has 0 saturated carbocycles. The molecular weight excluding hydrogens is 807 g/mol. The number of benzene rings is 2. The van der Waals surface area contributed by atoms with Crippen LogP contribution in [0.3, 0.4) is 0 Å². The topological polar surface area (TPSA) is 195 Å². The van der Waals surface area contributed by atoms with Gasteiger partial charge in [-0.05, 0) is 56.4 Å². The van der Waals surface area contributed by atoms with Gasteiger partial charge >= 0.3 is 5.97 Å². The van der Waals surface area contributed by atoms with Crippen LogP contribution < -0.4 is 16.0 Å². The van der Waals surface area contributed by atoms with E-state index in [4.69, 9.17) is 16.3 Å². The van der Waals surface area contributed by atoms with Crippen LogP contribution in [0.4, 0.5) is 4.39 Å². The zero-order chi connectivity index (χ0) is 42.7. The van der Waals surface area contributed by atoms with Crippen molar-refractivity contribution < 1.29 is 47.8 Å². The third kappa shape index (κ3) is 10.2. The van der Waals surface area contributed by atoms with Crippen LogP contribution in [-0.2, 0) is 51.1 Å². The Kier molecular flexibility index (Phi) is 13.9.